The summed E-state index contributed by atoms with van der Waals surface area (Å²) < 4.78 is 0. The second-order valence-corrected chi connectivity index (χ2v) is 10.1. The van der Waals surface area contributed by atoms with Crippen LogP contribution in [-0.4, -0.2) is 0 Å². The number of hydrogen-bond donors (Lipinski definition) is 0. The highest BCUT2D eigenvalue weighted by Gasteiger charge is 2.22. The molecule has 0 aliphatic heterocycles. The van der Waals surface area contributed by atoms with Crippen molar-refractivity contribution < 1.29 is 0 Å². The summed E-state index contributed by atoms with van der Waals surface area (Å²) in [6.45, 7) is 13.2. The maximum absolute atomic E-state index is 4.20. The van der Waals surface area contributed by atoms with Crippen LogP contribution in [0.2, 0.25) is 0 Å². The van der Waals surface area contributed by atoms with Gasteiger partial charge >= 0.3 is 0 Å². The minimum Gasteiger partial charge on any atom is -0.0955 e. The molecular formula is C34H40. The lowest BCUT2D eigenvalue weighted by Gasteiger charge is -2.20. The molecule has 0 saturated heterocycles. The lowest BCUT2D eigenvalue weighted by Crippen LogP contribution is -2.04. The zero-order chi connectivity index (χ0) is 24.1. The number of allylic oxidation sites excluding steroid dienone is 2. The van der Waals surface area contributed by atoms with E-state index >= 15 is 0 Å². The first-order valence-electron chi connectivity index (χ1n) is 13.2. The first-order chi connectivity index (χ1) is 16.5. The van der Waals surface area contributed by atoms with Crippen molar-refractivity contribution in [2.45, 2.75) is 72.6 Å². The van der Waals surface area contributed by atoms with Crippen molar-refractivity contribution in [3.8, 4) is 0 Å². The van der Waals surface area contributed by atoms with Crippen molar-refractivity contribution >= 4 is 16.7 Å². The van der Waals surface area contributed by atoms with E-state index in [1.165, 1.54) is 82.2 Å². The molecule has 3 aromatic rings. The normalized spacial score (nSPS) is 14.5. The van der Waals surface area contributed by atoms with E-state index in [9.17, 15) is 0 Å². The van der Waals surface area contributed by atoms with Gasteiger partial charge in [0.1, 0.15) is 0 Å². The largest absolute Gasteiger partial charge is 0.0955 e. The van der Waals surface area contributed by atoms with Gasteiger partial charge in [-0.25, -0.2) is 0 Å². The van der Waals surface area contributed by atoms with Crippen LogP contribution < -0.4 is 0 Å². The fourth-order valence-corrected chi connectivity index (χ4v) is 5.61. The quantitative estimate of drug-likeness (QED) is 0.322. The topological polar surface area (TPSA) is 0 Å². The Morgan fingerprint density at radius 1 is 0.912 bits per heavy atom. The van der Waals surface area contributed by atoms with Crippen LogP contribution in [-0.2, 0) is 12.8 Å². The van der Waals surface area contributed by atoms with Crippen molar-refractivity contribution in [1.82, 2.24) is 0 Å². The molecule has 1 unspecified atom stereocenters. The number of fused-ring (bicyclic) bond motifs is 1. The van der Waals surface area contributed by atoms with Crippen LogP contribution in [0.25, 0.3) is 16.7 Å². The lowest BCUT2D eigenvalue weighted by molar-refractivity contribution is 0.462. The van der Waals surface area contributed by atoms with Gasteiger partial charge in [-0.2, -0.15) is 0 Å². The molecule has 0 spiro atoms. The molecule has 0 bridgehead atoms. The van der Waals surface area contributed by atoms with Gasteiger partial charge in [-0.15, -0.1) is 0 Å². The second kappa shape index (κ2) is 11.0. The first kappa shape index (κ1) is 24.3. The second-order valence-electron chi connectivity index (χ2n) is 10.1. The predicted octanol–water partition coefficient (Wildman–Crippen LogP) is 9.69. The summed E-state index contributed by atoms with van der Waals surface area (Å²) in [5.41, 5.74) is 13.8. The monoisotopic (exact) mass is 448 g/mol. The van der Waals surface area contributed by atoms with Gasteiger partial charge in [0.2, 0.25) is 0 Å². The summed E-state index contributed by atoms with van der Waals surface area (Å²) in [5.74, 6) is 0.768. The average Bonchev–Trinajstić information content (AvgIpc) is 3.03. The smallest absolute Gasteiger partial charge is 0.00704 e. The SMILES string of the molecule is C=C(C)c1ccc2c(c1)CCCC(c1ccccc1C)=C2c1cccc(CC(CC)CCC)c1. The fourth-order valence-electron chi connectivity index (χ4n) is 5.61. The highest BCUT2D eigenvalue weighted by molar-refractivity contribution is 6.00. The Morgan fingerprint density at radius 2 is 1.74 bits per heavy atom. The number of benzene rings is 3. The van der Waals surface area contributed by atoms with E-state index in [4.69, 9.17) is 0 Å². The van der Waals surface area contributed by atoms with E-state index < -0.39 is 0 Å². The minimum absolute atomic E-state index is 0.768. The molecule has 4 rings (SSSR count). The molecule has 0 saturated carbocycles. The fraction of sp³-hybridized carbons (Fsp3) is 0.353. The Bertz CT molecular complexity index is 1190. The minimum atomic E-state index is 0.768. The van der Waals surface area contributed by atoms with Gasteiger partial charge < -0.3 is 0 Å². The Balaban J connectivity index is 1.91. The van der Waals surface area contributed by atoms with Gasteiger partial charge in [0, 0.05) is 0 Å². The molecule has 1 aliphatic carbocycles. The van der Waals surface area contributed by atoms with Crippen LogP contribution in [0, 0.1) is 12.8 Å². The molecule has 0 N–H and O–H groups in total. The van der Waals surface area contributed by atoms with Gasteiger partial charge in [0.05, 0.1) is 0 Å². The highest BCUT2D eigenvalue weighted by Crippen LogP contribution is 2.41. The molecule has 34 heavy (non-hydrogen) atoms. The van der Waals surface area contributed by atoms with E-state index in [0.717, 1.165) is 24.3 Å². The van der Waals surface area contributed by atoms with E-state index in [-0.39, 0.29) is 0 Å². The predicted molar refractivity (Wildman–Crippen MR) is 150 cm³/mol. The van der Waals surface area contributed by atoms with E-state index in [1.54, 1.807) is 0 Å². The Kier molecular flexibility index (Phi) is 7.88. The molecule has 0 fully saturated rings. The molecule has 0 radical (unpaired) electrons. The van der Waals surface area contributed by atoms with E-state index in [0.29, 0.717) is 0 Å². The lowest BCUT2D eigenvalue weighted by atomic mass is 9.84. The Labute approximate surface area is 207 Å². The summed E-state index contributed by atoms with van der Waals surface area (Å²) in [6.07, 6.45) is 8.39. The molecule has 3 aromatic carbocycles. The molecule has 0 heteroatoms. The number of hydrogen-bond acceptors (Lipinski definition) is 0. The van der Waals surface area contributed by atoms with Crippen molar-refractivity contribution in [2.24, 2.45) is 5.92 Å². The Hall–Kier alpha value is -2.86. The summed E-state index contributed by atoms with van der Waals surface area (Å²) >= 11 is 0. The highest BCUT2D eigenvalue weighted by atomic mass is 14.3. The molecule has 1 atom stereocenters. The summed E-state index contributed by atoms with van der Waals surface area (Å²) in [5, 5.41) is 0. The third-order valence-corrected chi connectivity index (χ3v) is 7.53. The maximum Gasteiger partial charge on any atom is -0.00704 e. The van der Waals surface area contributed by atoms with Gasteiger partial charge in [0.15, 0.2) is 0 Å². The van der Waals surface area contributed by atoms with Crippen molar-refractivity contribution in [1.29, 1.82) is 0 Å². The van der Waals surface area contributed by atoms with Gasteiger partial charge in [-0.05, 0) is 95.5 Å². The van der Waals surface area contributed by atoms with Crippen molar-refractivity contribution in [2.75, 3.05) is 0 Å². The van der Waals surface area contributed by atoms with Crippen LogP contribution in [0.5, 0.6) is 0 Å². The summed E-state index contributed by atoms with van der Waals surface area (Å²) in [4.78, 5) is 0. The van der Waals surface area contributed by atoms with Crippen LogP contribution in [0.4, 0.5) is 0 Å². The Morgan fingerprint density at radius 3 is 2.47 bits per heavy atom. The van der Waals surface area contributed by atoms with E-state index in [1.807, 2.05) is 0 Å². The van der Waals surface area contributed by atoms with Crippen LogP contribution in [0.3, 0.4) is 0 Å². The standard InChI is InChI=1S/C34H40/c1-6-12-26(7-2)21-27-14-10-16-30(22-27)34-32-20-19-28(24(3)4)23-29(32)15-11-18-33(34)31-17-9-8-13-25(31)5/h8-10,13-14,16-17,19-20,22-23,26H,3,6-7,11-12,15,18,21H2,1-2,4-5H3. The number of aryl methyl sites for hydroxylation is 2. The van der Waals surface area contributed by atoms with Crippen LogP contribution in [0.15, 0.2) is 73.3 Å². The molecule has 176 valence electrons. The van der Waals surface area contributed by atoms with Crippen LogP contribution >= 0.6 is 0 Å². The molecule has 0 aromatic heterocycles. The van der Waals surface area contributed by atoms with Crippen molar-refractivity contribution in [3.63, 3.8) is 0 Å². The summed E-state index contributed by atoms with van der Waals surface area (Å²) in [6, 6.07) is 25.3. The zero-order valence-corrected chi connectivity index (χ0v) is 21.6. The average molecular weight is 449 g/mol. The van der Waals surface area contributed by atoms with Gasteiger partial charge in [-0.1, -0.05) is 112 Å². The number of rotatable bonds is 8. The summed E-state index contributed by atoms with van der Waals surface area (Å²) in [7, 11) is 0. The van der Waals surface area contributed by atoms with E-state index in [2.05, 4.69) is 101 Å². The third kappa shape index (κ3) is 5.27. The molecule has 0 amide bonds. The zero-order valence-electron chi connectivity index (χ0n) is 21.6. The first-order valence-corrected chi connectivity index (χ1v) is 13.2. The van der Waals surface area contributed by atoms with Crippen molar-refractivity contribution in [3.05, 3.63) is 112 Å². The van der Waals surface area contributed by atoms with Crippen LogP contribution in [0.1, 0.15) is 91.8 Å². The van der Waals surface area contributed by atoms with Gasteiger partial charge in [-0.3, -0.25) is 0 Å². The third-order valence-electron chi connectivity index (χ3n) is 7.53. The molecule has 0 nitrogen and oxygen atoms in total. The molecule has 1 aliphatic rings. The molecule has 0 heterocycles. The van der Waals surface area contributed by atoms with Gasteiger partial charge in [0.25, 0.3) is 0 Å². The maximum atomic E-state index is 4.20. The molecular weight excluding hydrogens is 408 g/mol.